The second-order valence-electron chi connectivity index (χ2n) is 5.60. The number of benzene rings is 1. The Morgan fingerprint density at radius 1 is 1.33 bits per heavy atom. The lowest BCUT2D eigenvalue weighted by Gasteiger charge is -2.05. The Morgan fingerprint density at radius 2 is 2.17 bits per heavy atom. The maximum absolute atomic E-state index is 12.5. The minimum Gasteiger partial charge on any atom is -0.321 e. The molecule has 2 aromatic heterocycles. The van der Waals surface area contributed by atoms with Crippen molar-refractivity contribution < 1.29 is 4.79 Å². The highest BCUT2D eigenvalue weighted by molar-refractivity contribution is 7.14. The molecule has 0 saturated carbocycles. The van der Waals surface area contributed by atoms with Crippen LogP contribution in [0.1, 0.15) is 33.5 Å². The number of tetrazole rings is 1. The van der Waals surface area contributed by atoms with Crippen LogP contribution < -0.4 is 5.32 Å². The van der Waals surface area contributed by atoms with Gasteiger partial charge in [-0.1, -0.05) is 25.5 Å². The number of nitrogens with one attached hydrogen (secondary N) is 1. The Morgan fingerprint density at radius 3 is 2.88 bits per heavy atom. The van der Waals surface area contributed by atoms with E-state index in [1.807, 2.05) is 30.3 Å². The van der Waals surface area contributed by atoms with Gasteiger partial charge < -0.3 is 5.32 Å². The van der Waals surface area contributed by atoms with Crippen LogP contribution in [0, 0.1) is 6.92 Å². The fraction of sp³-hybridized carbons (Fsp3) is 0.294. The molecule has 124 valence electrons. The molecular formula is C17H19N5OS. The summed E-state index contributed by atoms with van der Waals surface area (Å²) < 4.78 is 1.60. The summed E-state index contributed by atoms with van der Waals surface area (Å²) in [5.74, 6) is 0.571. The van der Waals surface area contributed by atoms with E-state index in [2.05, 4.69) is 34.7 Å². The van der Waals surface area contributed by atoms with Crippen LogP contribution in [-0.4, -0.2) is 26.1 Å². The van der Waals surface area contributed by atoms with Crippen molar-refractivity contribution >= 4 is 22.9 Å². The van der Waals surface area contributed by atoms with E-state index in [1.165, 1.54) is 21.8 Å². The number of thiophene rings is 1. The summed E-state index contributed by atoms with van der Waals surface area (Å²) in [7, 11) is 1.78. The van der Waals surface area contributed by atoms with Gasteiger partial charge in [0, 0.05) is 23.2 Å². The Kier molecular flexibility index (Phi) is 4.71. The van der Waals surface area contributed by atoms with E-state index in [0.717, 1.165) is 29.0 Å². The van der Waals surface area contributed by atoms with Crippen molar-refractivity contribution in [1.29, 1.82) is 0 Å². The Hall–Kier alpha value is -2.54. The molecule has 3 aromatic rings. The fourth-order valence-corrected chi connectivity index (χ4v) is 3.52. The lowest BCUT2D eigenvalue weighted by molar-refractivity contribution is 0.103. The van der Waals surface area contributed by atoms with Crippen molar-refractivity contribution in [1.82, 2.24) is 20.2 Å². The van der Waals surface area contributed by atoms with Crippen molar-refractivity contribution in [3.8, 4) is 11.4 Å². The fourth-order valence-electron chi connectivity index (χ4n) is 2.55. The summed E-state index contributed by atoms with van der Waals surface area (Å²) in [6.45, 7) is 4.21. The summed E-state index contributed by atoms with van der Waals surface area (Å²) in [6, 6.07) is 9.52. The minimum absolute atomic E-state index is 0.0845. The Bertz CT molecular complexity index is 868. The Balaban J connectivity index is 1.80. The largest absolute Gasteiger partial charge is 0.321 e. The number of carbonyl (C=O) groups excluding carboxylic acids is 1. The number of aryl methyl sites for hydroxylation is 3. The number of amides is 1. The zero-order chi connectivity index (χ0) is 17.1. The first-order chi connectivity index (χ1) is 11.6. The Labute approximate surface area is 144 Å². The quantitative estimate of drug-likeness (QED) is 0.771. The summed E-state index contributed by atoms with van der Waals surface area (Å²) in [6.07, 6.45) is 2.08. The first-order valence-electron chi connectivity index (χ1n) is 7.82. The van der Waals surface area contributed by atoms with Crippen molar-refractivity contribution in [3.63, 3.8) is 0 Å². The summed E-state index contributed by atoms with van der Waals surface area (Å²) in [5.41, 5.74) is 2.84. The van der Waals surface area contributed by atoms with Gasteiger partial charge in [0.15, 0.2) is 5.82 Å². The van der Waals surface area contributed by atoms with Crippen molar-refractivity contribution in [3.05, 3.63) is 45.6 Å². The molecule has 0 fully saturated rings. The van der Waals surface area contributed by atoms with E-state index in [9.17, 15) is 4.79 Å². The molecule has 0 bridgehead atoms. The van der Waals surface area contributed by atoms with Crippen LogP contribution >= 0.6 is 11.3 Å². The van der Waals surface area contributed by atoms with E-state index in [1.54, 1.807) is 11.7 Å². The van der Waals surface area contributed by atoms with Crippen LogP contribution in [0.5, 0.6) is 0 Å². The van der Waals surface area contributed by atoms with E-state index < -0.39 is 0 Å². The number of nitrogens with zero attached hydrogens (tertiary/aromatic N) is 4. The molecule has 0 spiro atoms. The number of carbonyl (C=O) groups is 1. The first-order valence-corrected chi connectivity index (χ1v) is 8.63. The molecule has 0 radical (unpaired) electrons. The van der Waals surface area contributed by atoms with Gasteiger partial charge in [0.05, 0.1) is 4.88 Å². The van der Waals surface area contributed by atoms with Crippen molar-refractivity contribution in [2.24, 2.45) is 7.05 Å². The molecule has 1 N–H and O–H groups in total. The van der Waals surface area contributed by atoms with E-state index in [-0.39, 0.29) is 5.91 Å². The maximum Gasteiger partial charge on any atom is 0.265 e. The highest BCUT2D eigenvalue weighted by atomic mass is 32.1. The first kappa shape index (κ1) is 16.3. The normalized spacial score (nSPS) is 10.8. The van der Waals surface area contributed by atoms with Gasteiger partial charge in [-0.2, -0.15) is 0 Å². The molecule has 0 aliphatic carbocycles. The number of anilines is 1. The number of hydrogen-bond donors (Lipinski definition) is 1. The van der Waals surface area contributed by atoms with E-state index in [4.69, 9.17) is 0 Å². The van der Waals surface area contributed by atoms with Crippen LogP contribution in [0.15, 0.2) is 30.3 Å². The molecule has 6 nitrogen and oxygen atoms in total. The smallest absolute Gasteiger partial charge is 0.265 e. The molecule has 3 rings (SSSR count). The minimum atomic E-state index is -0.0845. The lowest BCUT2D eigenvalue weighted by atomic mass is 10.1. The second kappa shape index (κ2) is 6.92. The average Bonchev–Trinajstić information content (AvgIpc) is 3.14. The van der Waals surface area contributed by atoms with Gasteiger partial charge in [0.25, 0.3) is 5.91 Å². The molecule has 2 heterocycles. The highest BCUT2D eigenvalue weighted by Gasteiger charge is 2.13. The molecule has 0 unspecified atom stereocenters. The zero-order valence-corrected chi connectivity index (χ0v) is 14.7. The summed E-state index contributed by atoms with van der Waals surface area (Å²) in [4.78, 5) is 14.4. The lowest BCUT2D eigenvalue weighted by Crippen LogP contribution is -2.10. The maximum atomic E-state index is 12.5. The van der Waals surface area contributed by atoms with Gasteiger partial charge in [0.1, 0.15) is 0 Å². The number of hydrogen-bond acceptors (Lipinski definition) is 5. The molecule has 24 heavy (non-hydrogen) atoms. The highest BCUT2D eigenvalue weighted by Crippen LogP contribution is 2.25. The molecule has 7 heteroatoms. The molecule has 1 amide bonds. The van der Waals surface area contributed by atoms with Crippen LogP contribution in [0.25, 0.3) is 11.4 Å². The van der Waals surface area contributed by atoms with E-state index in [0.29, 0.717) is 5.82 Å². The monoisotopic (exact) mass is 341 g/mol. The third-order valence-corrected chi connectivity index (χ3v) is 4.85. The summed E-state index contributed by atoms with van der Waals surface area (Å²) in [5, 5.41) is 14.4. The SMILES string of the molecule is CCCc1cc(C(=O)Nc2cccc(-c3nnnn3C)c2)sc1C. The average molecular weight is 341 g/mol. The van der Waals surface area contributed by atoms with Gasteiger partial charge in [-0.3, -0.25) is 4.79 Å². The standard InChI is InChI=1S/C17H19N5OS/c1-4-6-12-10-15(24-11(12)2)17(23)18-14-8-5-7-13(9-14)16-19-20-21-22(16)3/h5,7-10H,4,6H2,1-3H3,(H,18,23). The van der Waals surface area contributed by atoms with Gasteiger partial charge in [-0.15, -0.1) is 16.4 Å². The van der Waals surface area contributed by atoms with Crippen LogP contribution in [0.3, 0.4) is 0 Å². The molecule has 0 aliphatic rings. The third kappa shape index (κ3) is 3.35. The predicted octanol–water partition coefficient (Wildman–Crippen LogP) is 3.45. The van der Waals surface area contributed by atoms with Gasteiger partial charge >= 0.3 is 0 Å². The van der Waals surface area contributed by atoms with Crippen molar-refractivity contribution in [2.45, 2.75) is 26.7 Å². The number of aromatic nitrogens is 4. The number of rotatable bonds is 5. The summed E-state index contributed by atoms with van der Waals surface area (Å²) >= 11 is 1.54. The van der Waals surface area contributed by atoms with Gasteiger partial charge in [0.2, 0.25) is 0 Å². The molecular weight excluding hydrogens is 322 g/mol. The third-order valence-electron chi connectivity index (χ3n) is 3.76. The predicted molar refractivity (Wildman–Crippen MR) is 95.2 cm³/mol. The van der Waals surface area contributed by atoms with Gasteiger partial charge in [-0.25, -0.2) is 4.68 Å². The topological polar surface area (TPSA) is 72.7 Å². The second-order valence-corrected chi connectivity index (χ2v) is 6.86. The molecule has 1 aromatic carbocycles. The van der Waals surface area contributed by atoms with Crippen LogP contribution in [0.2, 0.25) is 0 Å². The molecule has 0 saturated heterocycles. The van der Waals surface area contributed by atoms with Crippen LogP contribution in [-0.2, 0) is 13.5 Å². The van der Waals surface area contributed by atoms with Gasteiger partial charge in [-0.05, 0) is 47.5 Å². The van der Waals surface area contributed by atoms with Crippen molar-refractivity contribution in [2.75, 3.05) is 5.32 Å². The van der Waals surface area contributed by atoms with Crippen LogP contribution in [0.4, 0.5) is 5.69 Å². The molecule has 0 aliphatic heterocycles. The van der Waals surface area contributed by atoms with E-state index >= 15 is 0 Å². The molecule has 0 atom stereocenters. The zero-order valence-electron chi connectivity index (χ0n) is 13.9.